The van der Waals surface area contributed by atoms with Crippen LogP contribution >= 0.6 is 15.9 Å². The average Bonchev–Trinajstić information content (AvgIpc) is 2.90. The first-order chi connectivity index (χ1) is 6.56. The van der Waals surface area contributed by atoms with E-state index in [0.717, 1.165) is 22.9 Å². The van der Waals surface area contributed by atoms with Crippen LogP contribution < -0.4 is 0 Å². The Hall–Kier alpha value is -0.540. The van der Waals surface area contributed by atoms with Crippen molar-refractivity contribution >= 4 is 15.9 Å². The van der Waals surface area contributed by atoms with Crippen LogP contribution in [0.3, 0.4) is 0 Å². The number of phenolic OH excluding ortho intramolecular Hbond substituents is 1. The van der Waals surface area contributed by atoms with Crippen LogP contribution in [-0.4, -0.2) is 16.3 Å². The standard InChI is InChI=1S/C11H13BrO2/c1-7(13)11(4-5-11)9-6-8(14)2-3-10(9)12/h2-3,6-7,13-14H,4-5H2,1H3. The molecule has 1 atom stereocenters. The zero-order valence-corrected chi connectivity index (χ0v) is 9.58. The Morgan fingerprint density at radius 3 is 2.57 bits per heavy atom. The predicted octanol–water partition coefficient (Wildman–Crippen LogP) is 2.57. The minimum atomic E-state index is -0.361. The van der Waals surface area contributed by atoms with Crippen molar-refractivity contribution in [1.82, 2.24) is 0 Å². The Morgan fingerprint density at radius 1 is 1.43 bits per heavy atom. The van der Waals surface area contributed by atoms with E-state index in [2.05, 4.69) is 15.9 Å². The van der Waals surface area contributed by atoms with E-state index in [4.69, 9.17) is 0 Å². The van der Waals surface area contributed by atoms with Gasteiger partial charge in [-0.25, -0.2) is 0 Å². The molecule has 2 N–H and O–H groups in total. The van der Waals surface area contributed by atoms with E-state index < -0.39 is 0 Å². The van der Waals surface area contributed by atoms with Crippen molar-refractivity contribution in [2.75, 3.05) is 0 Å². The summed E-state index contributed by atoms with van der Waals surface area (Å²) in [4.78, 5) is 0. The van der Waals surface area contributed by atoms with Crippen molar-refractivity contribution in [3.63, 3.8) is 0 Å². The third-order valence-electron chi connectivity index (χ3n) is 3.07. The number of benzene rings is 1. The van der Waals surface area contributed by atoms with E-state index in [1.807, 2.05) is 13.0 Å². The van der Waals surface area contributed by atoms with Crippen molar-refractivity contribution in [3.8, 4) is 5.75 Å². The summed E-state index contributed by atoms with van der Waals surface area (Å²) >= 11 is 3.45. The molecule has 0 saturated heterocycles. The Morgan fingerprint density at radius 2 is 2.07 bits per heavy atom. The van der Waals surface area contributed by atoms with E-state index in [-0.39, 0.29) is 17.3 Å². The van der Waals surface area contributed by atoms with E-state index in [1.165, 1.54) is 0 Å². The summed E-state index contributed by atoms with van der Waals surface area (Å²) in [5.74, 6) is 0.259. The lowest BCUT2D eigenvalue weighted by Crippen LogP contribution is -2.22. The van der Waals surface area contributed by atoms with Gasteiger partial charge in [-0.15, -0.1) is 0 Å². The van der Waals surface area contributed by atoms with Crippen LogP contribution in [0, 0.1) is 0 Å². The van der Waals surface area contributed by atoms with Gasteiger partial charge in [0, 0.05) is 9.89 Å². The molecule has 1 aliphatic rings. The molecule has 2 nitrogen and oxygen atoms in total. The number of hydrogen-bond acceptors (Lipinski definition) is 2. The minimum Gasteiger partial charge on any atom is -0.508 e. The number of rotatable bonds is 2. The van der Waals surface area contributed by atoms with Gasteiger partial charge in [-0.3, -0.25) is 0 Å². The number of aliphatic hydroxyl groups is 1. The van der Waals surface area contributed by atoms with E-state index in [0.29, 0.717) is 0 Å². The van der Waals surface area contributed by atoms with Crippen molar-refractivity contribution in [2.24, 2.45) is 0 Å². The van der Waals surface area contributed by atoms with Gasteiger partial charge in [0.05, 0.1) is 6.10 Å². The molecule has 14 heavy (non-hydrogen) atoms. The highest BCUT2D eigenvalue weighted by Gasteiger charge is 2.49. The summed E-state index contributed by atoms with van der Waals surface area (Å²) in [6.07, 6.45) is 1.62. The fourth-order valence-electron chi connectivity index (χ4n) is 1.94. The van der Waals surface area contributed by atoms with Crippen LogP contribution in [0.1, 0.15) is 25.3 Å². The molecular weight excluding hydrogens is 244 g/mol. The van der Waals surface area contributed by atoms with Crippen LogP contribution in [0.15, 0.2) is 22.7 Å². The molecule has 0 radical (unpaired) electrons. The smallest absolute Gasteiger partial charge is 0.115 e. The average molecular weight is 257 g/mol. The van der Waals surface area contributed by atoms with Gasteiger partial charge in [0.25, 0.3) is 0 Å². The highest BCUT2D eigenvalue weighted by atomic mass is 79.9. The number of phenols is 1. The van der Waals surface area contributed by atoms with Gasteiger partial charge in [0.1, 0.15) is 5.75 Å². The van der Waals surface area contributed by atoms with Gasteiger partial charge in [0.15, 0.2) is 0 Å². The topological polar surface area (TPSA) is 40.5 Å². The summed E-state index contributed by atoms with van der Waals surface area (Å²) in [6, 6.07) is 5.21. The minimum absolute atomic E-state index is 0.127. The third-order valence-corrected chi connectivity index (χ3v) is 3.77. The Labute approximate surface area is 91.7 Å². The summed E-state index contributed by atoms with van der Waals surface area (Å²) in [5.41, 5.74) is 0.893. The lowest BCUT2D eigenvalue weighted by molar-refractivity contribution is 0.150. The largest absolute Gasteiger partial charge is 0.508 e. The third kappa shape index (κ3) is 1.44. The highest BCUT2D eigenvalue weighted by molar-refractivity contribution is 9.10. The van der Waals surface area contributed by atoms with Crippen LogP contribution in [-0.2, 0) is 5.41 Å². The predicted molar refractivity (Wildman–Crippen MR) is 58.4 cm³/mol. The quantitative estimate of drug-likeness (QED) is 0.854. The molecule has 0 heterocycles. The molecule has 76 valence electrons. The molecule has 2 rings (SSSR count). The summed E-state index contributed by atoms with van der Waals surface area (Å²) in [5, 5.41) is 19.1. The molecule has 3 heteroatoms. The summed E-state index contributed by atoms with van der Waals surface area (Å²) < 4.78 is 0.966. The molecule has 1 unspecified atom stereocenters. The first kappa shape index (κ1) is 9.99. The van der Waals surface area contributed by atoms with Gasteiger partial charge in [-0.2, -0.15) is 0 Å². The van der Waals surface area contributed by atoms with Crippen molar-refractivity contribution in [3.05, 3.63) is 28.2 Å². The normalized spacial score (nSPS) is 20.5. The molecule has 0 aliphatic heterocycles. The van der Waals surface area contributed by atoms with Gasteiger partial charge >= 0.3 is 0 Å². The first-order valence-electron chi connectivity index (χ1n) is 4.73. The Kier molecular flexibility index (Phi) is 2.32. The van der Waals surface area contributed by atoms with Crippen LogP contribution in [0.5, 0.6) is 5.75 Å². The van der Waals surface area contributed by atoms with Crippen LogP contribution in [0.2, 0.25) is 0 Å². The Balaban J connectivity index is 2.46. The molecular formula is C11H13BrO2. The molecule has 0 spiro atoms. The van der Waals surface area contributed by atoms with Crippen molar-refractivity contribution < 1.29 is 10.2 Å². The fraction of sp³-hybridized carbons (Fsp3) is 0.455. The molecule has 0 bridgehead atoms. The second kappa shape index (κ2) is 3.24. The molecule has 0 amide bonds. The fourth-order valence-corrected chi connectivity index (χ4v) is 2.58. The maximum absolute atomic E-state index is 9.71. The van der Waals surface area contributed by atoms with Gasteiger partial charge in [0.2, 0.25) is 0 Å². The molecule has 1 aromatic rings. The molecule has 1 aromatic carbocycles. The lowest BCUT2D eigenvalue weighted by Gasteiger charge is -2.20. The van der Waals surface area contributed by atoms with Crippen LogP contribution in [0.25, 0.3) is 0 Å². The summed E-state index contributed by atoms with van der Waals surface area (Å²) in [7, 11) is 0. The number of hydrogen-bond donors (Lipinski definition) is 2. The highest BCUT2D eigenvalue weighted by Crippen LogP contribution is 2.53. The van der Waals surface area contributed by atoms with E-state index in [1.54, 1.807) is 12.1 Å². The van der Waals surface area contributed by atoms with Gasteiger partial charge in [-0.05, 0) is 43.5 Å². The van der Waals surface area contributed by atoms with Crippen molar-refractivity contribution in [2.45, 2.75) is 31.3 Å². The second-order valence-corrected chi connectivity index (χ2v) is 4.85. The van der Waals surface area contributed by atoms with Gasteiger partial charge < -0.3 is 10.2 Å². The molecule has 1 saturated carbocycles. The zero-order valence-electron chi connectivity index (χ0n) is 8.00. The summed E-state index contributed by atoms with van der Waals surface area (Å²) in [6.45, 7) is 1.81. The maximum Gasteiger partial charge on any atom is 0.115 e. The van der Waals surface area contributed by atoms with E-state index in [9.17, 15) is 10.2 Å². The van der Waals surface area contributed by atoms with Crippen LogP contribution in [0.4, 0.5) is 0 Å². The molecule has 0 aromatic heterocycles. The van der Waals surface area contributed by atoms with Gasteiger partial charge in [-0.1, -0.05) is 15.9 Å². The number of aromatic hydroxyl groups is 1. The lowest BCUT2D eigenvalue weighted by atomic mass is 9.91. The second-order valence-electron chi connectivity index (χ2n) is 4.00. The Bertz CT molecular complexity index is 356. The molecule has 1 aliphatic carbocycles. The molecule has 1 fully saturated rings. The monoisotopic (exact) mass is 256 g/mol. The SMILES string of the molecule is CC(O)C1(c2cc(O)ccc2Br)CC1. The maximum atomic E-state index is 9.71. The van der Waals surface area contributed by atoms with Crippen molar-refractivity contribution in [1.29, 1.82) is 0 Å². The zero-order chi connectivity index (χ0) is 10.3. The number of aliphatic hydroxyl groups excluding tert-OH is 1. The van der Waals surface area contributed by atoms with E-state index >= 15 is 0 Å². The first-order valence-corrected chi connectivity index (χ1v) is 5.52. The number of halogens is 1.